The van der Waals surface area contributed by atoms with Crippen molar-refractivity contribution in [2.45, 2.75) is 44.8 Å². The molecule has 0 aromatic heterocycles. The van der Waals surface area contributed by atoms with Crippen LogP contribution in [0, 0.1) is 0 Å². The Balaban J connectivity index is 2.06. The van der Waals surface area contributed by atoms with Crippen molar-refractivity contribution in [2.24, 2.45) is 0 Å². The van der Waals surface area contributed by atoms with Gasteiger partial charge in [0.15, 0.2) is 0 Å². The number of aliphatic hydroxyl groups is 1. The summed E-state index contributed by atoms with van der Waals surface area (Å²) in [6.45, 7) is 5.62. The number of fused-ring (bicyclic) bond motifs is 1. The lowest BCUT2D eigenvalue weighted by molar-refractivity contribution is -0.154. The molecule has 110 valence electrons. The third-order valence-corrected chi connectivity index (χ3v) is 3.62. The first-order valence-electron chi connectivity index (χ1n) is 7.02. The molecule has 4 nitrogen and oxygen atoms in total. The number of rotatable bonds is 4. The largest absolute Gasteiger partial charge is 0.459 e. The summed E-state index contributed by atoms with van der Waals surface area (Å²) in [6.07, 6.45) is 1.71. The van der Waals surface area contributed by atoms with E-state index in [1.807, 2.05) is 39.0 Å². The molecule has 2 rings (SSSR count). The summed E-state index contributed by atoms with van der Waals surface area (Å²) < 4.78 is 5.29. The highest BCUT2D eigenvalue weighted by Gasteiger charge is 2.38. The van der Waals surface area contributed by atoms with E-state index < -0.39 is 11.1 Å². The number of ether oxygens (including phenoxy) is 1. The van der Waals surface area contributed by atoms with Crippen molar-refractivity contribution in [3.8, 4) is 0 Å². The SMILES string of the molecule is CC(C)(C)OC(=O)CNC1(CO)CCc2ccccc21. The van der Waals surface area contributed by atoms with Crippen LogP contribution >= 0.6 is 0 Å². The van der Waals surface area contributed by atoms with Crippen molar-refractivity contribution in [1.82, 2.24) is 5.32 Å². The molecule has 0 saturated carbocycles. The number of hydrogen-bond donors (Lipinski definition) is 2. The zero-order valence-electron chi connectivity index (χ0n) is 12.4. The maximum Gasteiger partial charge on any atom is 0.320 e. The molecule has 1 aromatic rings. The highest BCUT2D eigenvalue weighted by Crippen LogP contribution is 2.36. The van der Waals surface area contributed by atoms with Gasteiger partial charge in [-0.3, -0.25) is 10.1 Å². The van der Waals surface area contributed by atoms with E-state index in [2.05, 4.69) is 11.4 Å². The van der Waals surface area contributed by atoms with E-state index in [0.29, 0.717) is 0 Å². The predicted octanol–water partition coefficient (Wildman–Crippen LogP) is 1.75. The smallest absolute Gasteiger partial charge is 0.320 e. The van der Waals surface area contributed by atoms with Crippen LogP contribution in [0.15, 0.2) is 24.3 Å². The lowest BCUT2D eigenvalue weighted by Crippen LogP contribution is -2.47. The minimum atomic E-state index is -0.520. The summed E-state index contributed by atoms with van der Waals surface area (Å²) >= 11 is 0. The summed E-state index contributed by atoms with van der Waals surface area (Å²) in [5.74, 6) is -0.297. The van der Waals surface area contributed by atoms with Gasteiger partial charge >= 0.3 is 5.97 Å². The van der Waals surface area contributed by atoms with E-state index in [9.17, 15) is 9.90 Å². The van der Waals surface area contributed by atoms with E-state index in [1.165, 1.54) is 5.56 Å². The number of carbonyl (C=O) groups is 1. The molecule has 0 amide bonds. The third-order valence-electron chi connectivity index (χ3n) is 3.62. The molecule has 1 aliphatic carbocycles. The van der Waals surface area contributed by atoms with Gasteiger partial charge in [-0.2, -0.15) is 0 Å². The number of hydrogen-bond acceptors (Lipinski definition) is 4. The quantitative estimate of drug-likeness (QED) is 0.823. The Morgan fingerprint density at radius 3 is 2.75 bits per heavy atom. The van der Waals surface area contributed by atoms with E-state index >= 15 is 0 Å². The van der Waals surface area contributed by atoms with Gasteiger partial charge in [0.25, 0.3) is 0 Å². The number of esters is 1. The molecule has 1 aromatic carbocycles. The topological polar surface area (TPSA) is 58.6 Å². The molecule has 20 heavy (non-hydrogen) atoms. The van der Waals surface area contributed by atoms with Crippen LogP contribution in [0.3, 0.4) is 0 Å². The molecule has 0 radical (unpaired) electrons. The van der Waals surface area contributed by atoms with Crippen LogP contribution in [-0.4, -0.2) is 29.8 Å². The van der Waals surface area contributed by atoms with Crippen LogP contribution in [0.4, 0.5) is 0 Å². The Bertz CT molecular complexity index is 493. The summed E-state index contributed by atoms with van der Waals surface area (Å²) in [6, 6.07) is 8.05. The Kier molecular flexibility index (Phi) is 4.16. The molecule has 0 fully saturated rings. The van der Waals surface area contributed by atoms with Crippen LogP contribution in [0.5, 0.6) is 0 Å². The Hall–Kier alpha value is -1.39. The highest BCUT2D eigenvalue weighted by molar-refractivity contribution is 5.72. The van der Waals surface area contributed by atoms with Crippen molar-refractivity contribution in [3.05, 3.63) is 35.4 Å². The summed E-state index contributed by atoms with van der Waals surface area (Å²) in [7, 11) is 0. The Morgan fingerprint density at radius 1 is 1.40 bits per heavy atom. The maximum atomic E-state index is 11.8. The van der Waals surface area contributed by atoms with Crippen molar-refractivity contribution in [1.29, 1.82) is 0 Å². The van der Waals surface area contributed by atoms with Crippen LogP contribution in [-0.2, 0) is 21.5 Å². The normalized spacial score (nSPS) is 21.6. The molecule has 2 N–H and O–H groups in total. The van der Waals surface area contributed by atoms with Crippen LogP contribution in [0.1, 0.15) is 38.3 Å². The fraction of sp³-hybridized carbons (Fsp3) is 0.562. The summed E-state index contributed by atoms with van der Waals surface area (Å²) in [5, 5.41) is 13.0. The van der Waals surface area contributed by atoms with Gasteiger partial charge in [-0.05, 0) is 44.7 Å². The minimum Gasteiger partial charge on any atom is -0.459 e. The molecule has 0 heterocycles. The monoisotopic (exact) mass is 277 g/mol. The molecule has 1 aliphatic rings. The van der Waals surface area contributed by atoms with E-state index in [1.54, 1.807) is 0 Å². The van der Waals surface area contributed by atoms with Crippen molar-refractivity contribution < 1.29 is 14.6 Å². The molecule has 0 aliphatic heterocycles. The third kappa shape index (κ3) is 3.19. The van der Waals surface area contributed by atoms with Gasteiger partial charge in [0, 0.05) is 0 Å². The fourth-order valence-electron chi connectivity index (χ4n) is 2.71. The second kappa shape index (κ2) is 5.54. The fourth-order valence-corrected chi connectivity index (χ4v) is 2.71. The summed E-state index contributed by atoms with van der Waals surface area (Å²) in [5.41, 5.74) is 1.32. The molecule has 0 saturated heterocycles. The number of carbonyl (C=O) groups excluding carboxylic acids is 1. The van der Waals surface area contributed by atoms with Gasteiger partial charge in [0.1, 0.15) is 5.60 Å². The Morgan fingerprint density at radius 2 is 2.10 bits per heavy atom. The van der Waals surface area contributed by atoms with E-state index in [-0.39, 0.29) is 19.1 Å². The lowest BCUT2D eigenvalue weighted by atomic mass is 9.92. The lowest BCUT2D eigenvalue weighted by Gasteiger charge is -2.30. The Labute approximate surface area is 120 Å². The van der Waals surface area contributed by atoms with Gasteiger partial charge in [0.2, 0.25) is 0 Å². The number of aryl methyl sites for hydroxylation is 1. The average molecular weight is 277 g/mol. The minimum absolute atomic E-state index is 0.0210. The molecule has 1 unspecified atom stereocenters. The number of nitrogens with one attached hydrogen (secondary N) is 1. The second-order valence-electron chi connectivity index (χ2n) is 6.34. The summed E-state index contributed by atoms with van der Waals surface area (Å²) in [4.78, 5) is 11.8. The van der Waals surface area contributed by atoms with Gasteiger partial charge in [-0.15, -0.1) is 0 Å². The van der Waals surface area contributed by atoms with Gasteiger partial charge in [-0.1, -0.05) is 24.3 Å². The van der Waals surface area contributed by atoms with Crippen LogP contribution < -0.4 is 5.32 Å². The predicted molar refractivity (Wildman–Crippen MR) is 77.4 cm³/mol. The van der Waals surface area contributed by atoms with Gasteiger partial charge in [0.05, 0.1) is 18.7 Å². The first-order valence-corrected chi connectivity index (χ1v) is 7.02. The van der Waals surface area contributed by atoms with Crippen molar-refractivity contribution >= 4 is 5.97 Å². The maximum absolute atomic E-state index is 11.8. The molecule has 4 heteroatoms. The highest BCUT2D eigenvalue weighted by atomic mass is 16.6. The van der Waals surface area contributed by atoms with Crippen LogP contribution in [0.2, 0.25) is 0 Å². The van der Waals surface area contributed by atoms with E-state index in [4.69, 9.17) is 4.74 Å². The number of benzene rings is 1. The first-order chi connectivity index (χ1) is 9.36. The molecule has 0 spiro atoms. The molecular weight excluding hydrogens is 254 g/mol. The van der Waals surface area contributed by atoms with Gasteiger partial charge < -0.3 is 9.84 Å². The zero-order valence-corrected chi connectivity index (χ0v) is 12.4. The first kappa shape index (κ1) is 15.0. The van der Waals surface area contributed by atoms with Gasteiger partial charge in [-0.25, -0.2) is 0 Å². The molecule has 0 bridgehead atoms. The standard InChI is InChI=1S/C16H23NO3/c1-15(2,3)20-14(19)10-17-16(11-18)9-8-12-6-4-5-7-13(12)16/h4-7,17-18H,8-11H2,1-3H3. The van der Waals surface area contributed by atoms with Crippen molar-refractivity contribution in [2.75, 3.05) is 13.2 Å². The molecular formula is C16H23NO3. The molecule has 1 atom stereocenters. The van der Waals surface area contributed by atoms with Crippen LogP contribution in [0.25, 0.3) is 0 Å². The average Bonchev–Trinajstić information content (AvgIpc) is 2.74. The zero-order chi connectivity index (χ0) is 14.8. The van der Waals surface area contributed by atoms with E-state index in [0.717, 1.165) is 18.4 Å². The second-order valence-corrected chi connectivity index (χ2v) is 6.34. The van der Waals surface area contributed by atoms with Crippen molar-refractivity contribution in [3.63, 3.8) is 0 Å². The number of aliphatic hydroxyl groups excluding tert-OH is 1.